The van der Waals surface area contributed by atoms with Crippen LogP contribution in [0.2, 0.25) is 0 Å². The number of benzene rings is 1. The normalized spacial score (nSPS) is 17.1. The Balaban J connectivity index is 1.61. The van der Waals surface area contributed by atoms with E-state index in [1.54, 1.807) is 0 Å². The summed E-state index contributed by atoms with van der Waals surface area (Å²) in [6.45, 7) is -0.0272. The van der Waals surface area contributed by atoms with Crippen molar-refractivity contribution >= 4 is 10.0 Å². The third-order valence-corrected chi connectivity index (χ3v) is 5.70. The van der Waals surface area contributed by atoms with E-state index in [0.29, 0.717) is 11.9 Å². The Morgan fingerprint density at radius 1 is 1.24 bits per heavy atom. The molecule has 0 amide bonds. The van der Waals surface area contributed by atoms with Crippen LogP contribution in [0, 0.1) is 11.6 Å². The molecule has 0 bridgehead atoms. The summed E-state index contributed by atoms with van der Waals surface area (Å²) in [6, 6.07) is 2.38. The molecule has 1 aliphatic carbocycles. The zero-order chi connectivity index (χ0) is 18.1. The maximum absolute atomic E-state index is 13.2. The lowest BCUT2D eigenvalue weighted by molar-refractivity contribution is 0.348. The van der Waals surface area contributed by atoms with Crippen LogP contribution in [-0.2, 0) is 22.0 Å². The van der Waals surface area contributed by atoms with E-state index in [-0.39, 0.29) is 23.8 Å². The number of nitrogens with one attached hydrogen (secondary N) is 1. The molecule has 1 aromatic carbocycles. The summed E-state index contributed by atoms with van der Waals surface area (Å²) in [6.07, 6.45) is 3.75. The molecule has 1 aliphatic rings. The fourth-order valence-electron chi connectivity index (χ4n) is 2.81. The predicted octanol–water partition coefficient (Wildman–Crippen LogP) is 1.60. The summed E-state index contributed by atoms with van der Waals surface area (Å²) >= 11 is 0. The van der Waals surface area contributed by atoms with Gasteiger partial charge in [0, 0.05) is 13.0 Å². The molecule has 7 nitrogen and oxygen atoms in total. The summed E-state index contributed by atoms with van der Waals surface area (Å²) in [4.78, 5) is 3.88. The van der Waals surface area contributed by atoms with Gasteiger partial charge in [-0.25, -0.2) is 21.9 Å². The van der Waals surface area contributed by atoms with Gasteiger partial charge >= 0.3 is 0 Å². The largest absolute Gasteiger partial charge is 0.339 e. The molecule has 136 valence electrons. The number of rotatable bonds is 6. The maximum Gasteiger partial charge on any atom is 0.240 e. The summed E-state index contributed by atoms with van der Waals surface area (Å²) in [5.41, 5.74) is 5.65. The summed E-state index contributed by atoms with van der Waals surface area (Å²) in [5.74, 6) is -1.64. The predicted molar refractivity (Wildman–Crippen MR) is 83.9 cm³/mol. The van der Waals surface area contributed by atoms with Crippen LogP contribution in [0.15, 0.2) is 27.6 Å². The number of halogens is 2. The van der Waals surface area contributed by atoms with Crippen LogP contribution in [0.3, 0.4) is 0 Å². The Kier molecular flexibility index (Phi) is 4.85. The lowest BCUT2D eigenvalue weighted by atomic mass is 9.99. The number of nitrogens with two attached hydrogens (primary N) is 1. The highest BCUT2D eigenvalue weighted by Crippen LogP contribution is 2.34. The van der Waals surface area contributed by atoms with Crippen molar-refractivity contribution < 1.29 is 21.7 Å². The summed E-state index contributed by atoms with van der Waals surface area (Å²) in [5, 5.41) is 3.88. The Hall–Kier alpha value is -1.91. The van der Waals surface area contributed by atoms with Gasteiger partial charge in [0.15, 0.2) is 17.5 Å². The van der Waals surface area contributed by atoms with Crippen LogP contribution in [0.25, 0.3) is 0 Å². The van der Waals surface area contributed by atoms with Gasteiger partial charge < -0.3 is 10.3 Å². The van der Waals surface area contributed by atoms with Gasteiger partial charge in [-0.1, -0.05) is 18.0 Å². The third kappa shape index (κ3) is 3.86. The van der Waals surface area contributed by atoms with Crippen molar-refractivity contribution in [2.75, 3.05) is 6.54 Å². The first kappa shape index (κ1) is 17.9. The fraction of sp³-hybridized carbons (Fsp3) is 0.467. The number of aromatic nitrogens is 2. The standard InChI is InChI=1S/C15H18F2N4O3S/c16-11-4-3-10(9-12(11)17)25(22,23)19-8-5-13-20-14(21-24-13)15(18)6-1-2-7-15/h3-4,9,19H,1-2,5-8,18H2. The number of hydrogen-bond acceptors (Lipinski definition) is 6. The molecule has 10 heteroatoms. The molecule has 0 atom stereocenters. The molecule has 1 aromatic heterocycles. The lowest BCUT2D eigenvalue weighted by Crippen LogP contribution is -2.34. The Morgan fingerprint density at radius 2 is 1.96 bits per heavy atom. The minimum absolute atomic E-state index is 0.0272. The molecule has 25 heavy (non-hydrogen) atoms. The molecule has 0 radical (unpaired) electrons. The second-order valence-corrected chi connectivity index (χ2v) is 7.87. The van der Waals surface area contributed by atoms with Crippen LogP contribution in [0.4, 0.5) is 8.78 Å². The average Bonchev–Trinajstić information content (AvgIpc) is 3.20. The maximum atomic E-state index is 13.2. The van der Waals surface area contributed by atoms with Gasteiger partial charge in [0.25, 0.3) is 0 Å². The molecule has 0 saturated heterocycles. The first-order valence-corrected chi connectivity index (χ1v) is 9.35. The molecule has 0 unspecified atom stereocenters. The zero-order valence-corrected chi connectivity index (χ0v) is 14.2. The molecular formula is C15H18F2N4O3S. The van der Waals surface area contributed by atoms with Crippen molar-refractivity contribution in [3.05, 3.63) is 41.5 Å². The highest BCUT2D eigenvalue weighted by molar-refractivity contribution is 7.89. The molecule has 1 heterocycles. The van der Waals surface area contributed by atoms with Gasteiger partial charge in [-0.3, -0.25) is 0 Å². The van der Waals surface area contributed by atoms with E-state index in [1.165, 1.54) is 0 Å². The smallest absolute Gasteiger partial charge is 0.240 e. The number of nitrogens with zero attached hydrogens (tertiary/aromatic N) is 2. The van der Waals surface area contributed by atoms with Crippen molar-refractivity contribution in [3.8, 4) is 0 Å². The van der Waals surface area contributed by atoms with E-state index in [9.17, 15) is 17.2 Å². The first-order valence-electron chi connectivity index (χ1n) is 7.87. The van der Waals surface area contributed by atoms with Crippen molar-refractivity contribution in [2.45, 2.75) is 42.5 Å². The van der Waals surface area contributed by atoms with Crippen molar-refractivity contribution in [2.24, 2.45) is 5.73 Å². The van der Waals surface area contributed by atoms with Crippen LogP contribution >= 0.6 is 0 Å². The second-order valence-electron chi connectivity index (χ2n) is 6.10. The minimum atomic E-state index is -3.96. The van der Waals surface area contributed by atoms with E-state index >= 15 is 0 Å². The highest BCUT2D eigenvalue weighted by atomic mass is 32.2. The van der Waals surface area contributed by atoms with Crippen molar-refractivity contribution in [3.63, 3.8) is 0 Å². The number of sulfonamides is 1. The van der Waals surface area contributed by atoms with Gasteiger partial charge in [-0.2, -0.15) is 4.98 Å². The molecular weight excluding hydrogens is 354 g/mol. The van der Waals surface area contributed by atoms with Gasteiger partial charge in [0.05, 0.1) is 10.4 Å². The molecule has 0 aliphatic heterocycles. The Bertz CT molecular complexity index is 863. The van der Waals surface area contributed by atoms with Gasteiger partial charge in [0.1, 0.15) is 0 Å². The zero-order valence-electron chi connectivity index (χ0n) is 13.3. The van der Waals surface area contributed by atoms with Crippen molar-refractivity contribution in [1.29, 1.82) is 0 Å². The van der Waals surface area contributed by atoms with E-state index in [2.05, 4.69) is 14.9 Å². The van der Waals surface area contributed by atoms with Gasteiger partial charge in [-0.15, -0.1) is 0 Å². The molecule has 3 rings (SSSR count). The lowest BCUT2D eigenvalue weighted by Gasteiger charge is -2.17. The van der Waals surface area contributed by atoms with E-state index in [0.717, 1.165) is 37.8 Å². The van der Waals surface area contributed by atoms with Crippen LogP contribution in [0.5, 0.6) is 0 Å². The minimum Gasteiger partial charge on any atom is -0.339 e. The van der Waals surface area contributed by atoms with Crippen LogP contribution in [-0.4, -0.2) is 25.1 Å². The van der Waals surface area contributed by atoms with Crippen LogP contribution in [0.1, 0.15) is 37.4 Å². The van der Waals surface area contributed by atoms with Crippen LogP contribution < -0.4 is 10.5 Å². The Labute approximate surface area is 143 Å². The molecule has 1 saturated carbocycles. The quantitative estimate of drug-likeness (QED) is 0.797. The SMILES string of the molecule is NC1(c2noc(CCNS(=O)(=O)c3ccc(F)c(F)c3)n2)CCCC1. The van der Waals surface area contributed by atoms with Gasteiger partial charge in [-0.05, 0) is 31.0 Å². The fourth-order valence-corrected chi connectivity index (χ4v) is 3.85. The van der Waals surface area contributed by atoms with E-state index < -0.39 is 27.2 Å². The molecule has 0 spiro atoms. The summed E-state index contributed by atoms with van der Waals surface area (Å²) in [7, 11) is -3.96. The molecule has 3 N–H and O–H groups in total. The van der Waals surface area contributed by atoms with Crippen molar-refractivity contribution in [1.82, 2.24) is 14.9 Å². The molecule has 2 aromatic rings. The third-order valence-electron chi connectivity index (χ3n) is 4.24. The highest BCUT2D eigenvalue weighted by Gasteiger charge is 2.35. The molecule has 1 fully saturated rings. The summed E-state index contributed by atoms with van der Waals surface area (Å²) < 4.78 is 57.6. The number of hydrogen-bond donors (Lipinski definition) is 2. The second kappa shape index (κ2) is 6.77. The first-order chi connectivity index (χ1) is 11.8. The monoisotopic (exact) mass is 372 g/mol. The van der Waals surface area contributed by atoms with Gasteiger partial charge in [0.2, 0.25) is 15.9 Å². The average molecular weight is 372 g/mol. The van der Waals surface area contributed by atoms with E-state index in [4.69, 9.17) is 10.3 Å². The van der Waals surface area contributed by atoms with E-state index in [1.807, 2.05) is 0 Å². The topological polar surface area (TPSA) is 111 Å². The Morgan fingerprint density at radius 3 is 2.64 bits per heavy atom.